The summed E-state index contributed by atoms with van der Waals surface area (Å²) in [6.45, 7) is 4.69. The van der Waals surface area contributed by atoms with Gasteiger partial charge in [0, 0.05) is 6.20 Å². The molecule has 0 aliphatic carbocycles. The molecule has 0 bridgehead atoms. The van der Waals surface area contributed by atoms with Gasteiger partial charge >= 0.3 is 0 Å². The van der Waals surface area contributed by atoms with E-state index in [1.54, 1.807) is 6.20 Å². The molecule has 2 aromatic rings. The van der Waals surface area contributed by atoms with Crippen molar-refractivity contribution >= 4 is 12.2 Å². The van der Waals surface area contributed by atoms with Gasteiger partial charge in [-0.05, 0) is 17.8 Å². The van der Waals surface area contributed by atoms with Crippen molar-refractivity contribution < 1.29 is 5.11 Å². The first kappa shape index (κ1) is 13.7. The maximum absolute atomic E-state index is 9.12. The van der Waals surface area contributed by atoms with Crippen LogP contribution in [-0.4, -0.2) is 14.7 Å². The number of nitrogens with zero attached hydrogens (tertiary/aromatic N) is 1. The number of hydrogen-bond acceptors (Lipinski definition) is 2. The van der Waals surface area contributed by atoms with Gasteiger partial charge in [0.05, 0.1) is 18.8 Å². The molecule has 0 aliphatic rings. The molecule has 0 saturated carbocycles. The van der Waals surface area contributed by atoms with Crippen molar-refractivity contribution in [1.82, 2.24) is 9.55 Å². The van der Waals surface area contributed by atoms with Crippen LogP contribution in [0.25, 0.3) is 0 Å². The van der Waals surface area contributed by atoms with Crippen LogP contribution in [0, 0.1) is 4.77 Å². The van der Waals surface area contributed by atoms with Gasteiger partial charge in [-0.1, -0.05) is 44.2 Å². The van der Waals surface area contributed by atoms with E-state index in [-0.39, 0.29) is 6.61 Å². The van der Waals surface area contributed by atoms with E-state index in [9.17, 15) is 0 Å². The molecule has 92 valence electrons. The molecule has 0 saturated heterocycles. The third-order valence-electron chi connectivity index (χ3n) is 2.30. The maximum atomic E-state index is 9.12. The van der Waals surface area contributed by atoms with E-state index in [0.29, 0.717) is 11.3 Å². The second-order valence-corrected chi connectivity index (χ2v) is 3.70. The predicted molar refractivity (Wildman–Crippen MR) is 72.4 cm³/mol. The maximum Gasteiger partial charge on any atom is 0.177 e. The van der Waals surface area contributed by atoms with Gasteiger partial charge in [-0.3, -0.25) is 0 Å². The zero-order valence-electron chi connectivity index (χ0n) is 10.2. The Bertz CT molecular complexity index is 488. The minimum Gasteiger partial charge on any atom is -0.390 e. The van der Waals surface area contributed by atoms with E-state index in [1.807, 2.05) is 48.7 Å². The van der Waals surface area contributed by atoms with E-state index < -0.39 is 0 Å². The molecule has 1 heterocycles. The van der Waals surface area contributed by atoms with Crippen LogP contribution in [0.15, 0.2) is 36.5 Å². The van der Waals surface area contributed by atoms with Crippen molar-refractivity contribution in [3.05, 3.63) is 52.6 Å². The average Bonchev–Trinajstić information content (AvgIpc) is 2.74. The number of imidazole rings is 1. The van der Waals surface area contributed by atoms with Gasteiger partial charge in [0.25, 0.3) is 0 Å². The molecular formula is C13H18N2OS. The normalized spacial score (nSPS) is 9.59. The molecule has 1 aromatic heterocycles. The summed E-state index contributed by atoms with van der Waals surface area (Å²) < 4.78 is 2.54. The van der Waals surface area contributed by atoms with E-state index in [1.165, 1.54) is 5.56 Å². The van der Waals surface area contributed by atoms with Crippen molar-refractivity contribution in [3.63, 3.8) is 0 Å². The SMILES string of the molecule is CC.OCc1c[nH]c(=S)n1Cc1ccccc1. The minimum absolute atomic E-state index is 0.0000262. The first-order valence-electron chi connectivity index (χ1n) is 5.73. The number of rotatable bonds is 3. The molecular weight excluding hydrogens is 232 g/mol. The number of benzene rings is 1. The van der Waals surface area contributed by atoms with Crippen LogP contribution < -0.4 is 0 Å². The fraction of sp³-hybridized carbons (Fsp3) is 0.308. The standard InChI is InChI=1S/C11H12N2OS.C2H6/c14-8-10-6-12-11(15)13(10)7-9-4-2-1-3-5-9;1-2/h1-6,14H,7-8H2,(H,12,15);1-2H3. The molecule has 0 spiro atoms. The highest BCUT2D eigenvalue weighted by Gasteiger charge is 2.02. The summed E-state index contributed by atoms with van der Waals surface area (Å²) in [5, 5.41) is 9.12. The van der Waals surface area contributed by atoms with Crippen LogP contribution in [0.3, 0.4) is 0 Å². The number of aromatic amines is 1. The molecule has 4 heteroatoms. The molecule has 0 aliphatic heterocycles. The fourth-order valence-corrected chi connectivity index (χ4v) is 1.74. The van der Waals surface area contributed by atoms with Crippen molar-refractivity contribution in [2.75, 3.05) is 0 Å². The highest BCUT2D eigenvalue weighted by Crippen LogP contribution is 2.07. The Balaban J connectivity index is 0.000000686. The lowest BCUT2D eigenvalue weighted by Gasteiger charge is -2.06. The Kier molecular flexibility index (Phi) is 5.66. The molecule has 0 atom stereocenters. The summed E-state index contributed by atoms with van der Waals surface area (Å²) in [5.41, 5.74) is 1.98. The second kappa shape index (κ2) is 7.04. The van der Waals surface area contributed by atoms with Crippen LogP contribution in [0.4, 0.5) is 0 Å². The average molecular weight is 250 g/mol. The number of H-pyrrole nitrogens is 1. The minimum atomic E-state index is -0.0000262. The van der Waals surface area contributed by atoms with E-state index in [0.717, 1.165) is 5.69 Å². The van der Waals surface area contributed by atoms with Crippen molar-refractivity contribution in [3.8, 4) is 0 Å². The van der Waals surface area contributed by atoms with Gasteiger partial charge in [-0.15, -0.1) is 0 Å². The molecule has 0 fully saturated rings. The number of aliphatic hydroxyl groups is 1. The molecule has 0 amide bonds. The van der Waals surface area contributed by atoms with Crippen LogP contribution in [0.1, 0.15) is 25.1 Å². The zero-order chi connectivity index (χ0) is 12.7. The van der Waals surface area contributed by atoms with Crippen molar-refractivity contribution in [1.29, 1.82) is 0 Å². The van der Waals surface area contributed by atoms with Crippen molar-refractivity contribution in [2.45, 2.75) is 27.0 Å². The van der Waals surface area contributed by atoms with Crippen LogP contribution in [0.5, 0.6) is 0 Å². The zero-order valence-corrected chi connectivity index (χ0v) is 11.0. The van der Waals surface area contributed by atoms with E-state index in [2.05, 4.69) is 4.98 Å². The van der Waals surface area contributed by atoms with Gasteiger partial charge in [0.1, 0.15) is 0 Å². The lowest BCUT2D eigenvalue weighted by Crippen LogP contribution is -2.04. The monoisotopic (exact) mass is 250 g/mol. The molecule has 2 N–H and O–H groups in total. The lowest BCUT2D eigenvalue weighted by molar-refractivity contribution is 0.271. The number of aliphatic hydroxyl groups excluding tert-OH is 1. The summed E-state index contributed by atoms with van der Waals surface area (Å²) in [4.78, 5) is 2.93. The Morgan fingerprint density at radius 3 is 2.47 bits per heavy atom. The molecule has 17 heavy (non-hydrogen) atoms. The number of aromatic nitrogens is 2. The molecule has 2 rings (SSSR count). The van der Waals surface area contributed by atoms with Crippen LogP contribution >= 0.6 is 12.2 Å². The van der Waals surface area contributed by atoms with Crippen LogP contribution in [0.2, 0.25) is 0 Å². The number of hydrogen-bond donors (Lipinski definition) is 2. The van der Waals surface area contributed by atoms with E-state index >= 15 is 0 Å². The molecule has 0 unspecified atom stereocenters. The topological polar surface area (TPSA) is 40.9 Å². The number of nitrogens with one attached hydrogen (secondary N) is 1. The second-order valence-electron chi connectivity index (χ2n) is 3.32. The quantitative estimate of drug-likeness (QED) is 0.822. The highest BCUT2D eigenvalue weighted by atomic mass is 32.1. The third-order valence-corrected chi connectivity index (χ3v) is 2.64. The summed E-state index contributed by atoms with van der Waals surface area (Å²) in [6.07, 6.45) is 1.74. The third kappa shape index (κ3) is 3.54. The van der Waals surface area contributed by atoms with Crippen molar-refractivity contribution in [2.24, 2.45) is 0 Å². The van der Waals surface area contributed by atoms with Gasteiger partial charge in [0.2, 0.25) is 0 Å². The smallest absolute Gasteiger partial charge is 0.177 e. The molecule has 3 nitrogen and oxygen atoms in total. The largest absolute Gasteiger partial charge is 0.390 e. The summed E-state index contributed by atoms with van der Waals surface area (Å²) >= 11 is 5.13. The highest BCUT2D eigenvalue weighted by molar-refractivity contribution is 7.71. The van der Waals surface area contributed by atoms with Crippen LogP contribution in [-0.2, 0) is 13.2 Å². The lowest BCUT2D eigenvalue weighted by atomic mass is 10.2. The first-order chi connectivity index (χ1) is 8.31. The Labute approximate surface area is 107 Å². The molecule has 0 radical (unpaired) electrons. The Morgan fingerprint density at radius 2 is 1.88 bits per heavy atom. The van der Waals surface area contributed by atoms with Gasteiger partial charge in [0.15, 0.2) is 4.77 Å². The van der Waals surface area contributed by atoms with E-state index in [4.69, 9.17) is 17.3 Å². The predicted octanol–water partition coefficient (Wildman–Crippen LogP) is 3.11. The fourth-order valence-electron chi connectivity index (χ4n) is 1.50. The molecule has 1 aromatic carbocycles. The Morgan fingerprint density at radius 1 is 1.24 bits per heavy atom. The summed E-state index contributed by atoms with van der Waals surface area (Å²) in [7, 11) is 0. The summed E-state index contributed by atoms with van der Waals surface area (Å²) in [5.74, 6) is 0. The first-order valence-corrected chi connectivity index (χ1v) is 6.14. The van der Waals surface area contributed by atoms with Gasteiger partial charge in [-0.25, -0.2) is 0 Å². The van der Waals surface area contributed by atoms with Gasteiger partial charge < -0.3 is 14.7 Å². The van der Waals surface area contributed by atoms with Gasteiger partial charge in [-0.2, -0.15) is 0 Å². The summed E-state index contributed by atoms with van der Waals surface area (Å²) in [6, 6.07) is 10.0. The Hall–Kier alpha value is -1.39.